The van der Waals surface area contributed by atoms with Crippen molar-refractivity contribution in [3.8, 4) is 24.3 Å². The highest BCUT2D eigenvalue weighted by Gasteiger charge is 2.64. The average Bonchev–Trinajstić information content (AvgIpc) is 3.66. The van der Waals surface area contributed by atoms with Crippen LogP contribution in [0.1, 0.15) is 60.7 Å². The van der Waals surface area contributed by atoms with Crippen LogP contribution in [-0.4, -0.2) is 29.4 Å². The molecule has 2 unspecified atom stereocenters. The van der Waals surface area contributed by atoms with Crippen molar-refractivity contribution in [2.24, 2.45) is 11.3 Å². The minimum atomic E-state index is -2.73. The van der Waals surface area contributed by atoms with Crippen LogP contribution in [0.25, 0.3) is 5.57 Å². The first kappa shape index (κ1) is 29.8. The molecule has 0 radical (unpaired) electrons. The molecule has 0 N–H and O–H groups in total. The van der Waals surface area contributed by atoms with Crippen LogP contribution in [-0.2, 0) is 19.1 Å². The molecule has 1 aliphatic carbocycles. The van der Waals surface area contributed by atoms with Gasteiger partial charge < -0.3 is 9.47 Å². The Morgan fingerprint density at radius 2 is 1.73 bits per heavy atom. The summed E-state index contributed by atoms with van der Waals surface area (Å²) in [4.78, 5) is 40.2. The molecule has 0 aliphatic heterocycles. The molecule has 10 heteroatoms. The zero-order valence-electron chi connectivity index (χ0n) is 21.8. The SMILES string of the molecule is CCCCCC(OC(=O)C(C#N)(C#N)C1(OC(=O)C(C#N)C#N)C=C(c2ccccc2)CC1)C(=O)c1cccs1. The summed E-state index contributed by atoms with van der Waals surface area (Å²) in [6.07, 6.45) is 2.48. The van der Waals surface area contributed by atoms with Crippen molar-refractivity contribution in [2.75, 3.05) is 0 Å². The molecule has 0 amide bonds. The van der Waals surface area contributed by atoms with Crippen LogP contribution in [0.3, 0.4) is 0 Å². The topological polar surface area (TPSA) is 165 Å². The average molecular weight is 555 g/mol. The molecule has 202 valence electrons. The lowest BCUT2D eigenvalue weighted by molar-refractivity contribution is -0.175. The van der Waals surface area contributed by atoms with Gasteiger partial charge in [0.15, 0.2) is 11.7 Å². The molecule has 0 fully saturated rings. The quantitative estimate of drug-likeness (QED) is 0.193. The van der Waals surface area contributed by atoms with Crippen molar-refractivity contribution in [3.63, 3.8) is 0 Å². The van der Waals surface area contributed by atoms with Crippen LogP contribution in [0.15, 0.2) is 53.9 Å². The number of esters is 2. The van der Waals surface area contributed by atoms with Crippen molar-refractivity contribution in [1.82, 2.24) is 0 Å². The van der Waals surface area contributed by atoms with E-state index < -0.39 is 40.8 Å². The molecule has 3 rings (SSSR count). The van der Waals surface area contributed by atoms with E-state index in [1.54, 1.807) is 60.0 Å². The number of nitriles is 4. The molecule has 0 saturated carbocycles. The number of unbranched alkanes of at least 4 members (excludes halogenated alkanes) is 2. The molecule has 1 aromatic carbocycles. The molecule has 40 heavy (non-hydrogen) atoms. The summed E-state index contributed by atoms with van der Waals surface area (Å²) in [5.41, 5.74) is -3.61. The molecule has 2 aromatic rings. The van der Waals surface area contributed by atoms with Crippen LogP contribution < -0.4 is 0 Å². The van der Waals surface area contributed by atoms with E-state index in [1.165, 1.54) is 29.6 Å². The number of rotatable bonds is 12. The van der Waals surface area contributed by atoms with Crippen molar-refractivity contribution in [2.45, 2.75) is 57.2 Å². The Morgan fingerprint density at radius 3 is 2.30 bits per heavy atom. The number of ketones is 1. The fraction of sp³-hybridized carbons (Fsp3) is 0.367. The molecular formula is C30H26N4O5S. The summed E-state index contributed by atoms with van der Waals surface area (Å²) < 4.78 is 11.2. The smallest absolute Gasteiger partial charge is 0.346 e. The summed E-state index contributed by atoms with van der Waals surface area (Å²) >= 11 is 1.17. The van der Waals surface area contributed by atoms with Crippen molar-refractivity contribution >= 4 is 34.6 Å². The number of carbonyl (C=O) groups excluding carboxylic acids is 3. The first-order valence-electron chi connectivity index (χ1n) is 12.7. The van der Waals surface area contributed by atoms with Crippen molar-refractivity contribution in [3.05, 3.63) is 64.4 Å². The van der Waals surface area contributed by atoms with Gasteiger partial charge in [0.05, 0.1) is 17.0 Å². The number of benzene rings is 1. The van der Waals surface area contributed by atoms with E-state index in [0.717, 1.165) is 12.8 Å². The molecule has 0 saturated heterocycles. The van der Waals surface area contributed by atoms with Gasteiger partial charge in [-0.3, -0.25) is 4.79 Å². The third-order valence-corrected chi connectivity index (χ3v) is 7.63. The van der Waals surface area contributed by atoms with Crippen LogP contribution in [0.4, 0.5) is 0 Å². The van der Waals surface area contributed by atoms with Gasteiger partial charge in [-0.25, -0.2) is 9.59 Å². The second-order valence-electron chi connectivity index (χ2n) is 9.24. The fourth-order valence-electron chi connectivity index (χ4n) is 4.55. The van der Waals surface area contributed by atoms with Gasteiger partial charge in [-0.05, 0) is 54.3 Å². The maximum absolute atomic E-state index is 13.8. The van der Waals surface area contributed by atoms with Crippen LogP contribution in [0.5, 0.6) is 0 Å². The van der Waals surface area contributed by atoms with Crippen LogP contribution in [0.2, 0.25) is 0 Å². The number of Topliss-reactive ketones (excluding diaryl/α,β-unsaturated/α-hetero) is 1. The molecule has 1 aromatic heterocycles. The highest BCUT2D eigenvalue weighted by molar-refractivity contribution is 7.12. The van der Waals surface area contributed by atoms with Crippen molar-refractivity contribution < 1.29 is 23.9 Å². The fourth-order valence-corrected chi connectivity index (χ4v) is 5.26. The van der Waals surface area contributed by atoms with E-state index in [2.05, 4.69) is 0 Å². The zero-order chi connectivity index (χ0) is 29.2. The van der Waals surface area contributed by atoms with E-state index in [9.17, 15) is 35.4 Å². The maximum Gasteiger partial charge on any atom is 0.346 e. The van der Waals surface area contributed by atoms with Gasteiger partial charge in [-0.15, -0.1) is 11.3 Å². The van der Waals surface area contributed by atoms with E-state index in [1.807, 2.05) is 6.92 Å². The molecule has 1 aliphatic rings. The molecule has 0 spiro atoms. The number of nitrogens with zero attached hydrogens (tertiary/aromatic N) is 4. The molecule has 9 nitrogen and oxygen atoms in total. The predicted octanol–water partition coefficient (Wildman–Crippen LogP) is 5.28. The van der Waals surface area contributed by atoms with Gasteiger partial charge in [-0.2, -0.15) is 21.0 Å². The number of hydrogen-bond acceptors (Lipinski definition) is 10. The van der Waals surface area contributed by atoms with E-state index in [0.29, 0.717) is 22.4 Å². The molecule has 0 bridgehead atoms. The lowest BCUT2D eigenvalue weighted by Crippen LogP contribution is -2.54. The minimum absolute atomic E-state index is 0.165. The number of hydrogen-bond donors (Lipinski definition) is 0. The van der Waals surface area contributed by atoms with E-state index in [4.69, 9.17) is 9.47 Å². The number of carbonyl (C=O) groups is 3. The second kappa shape index (κ2) is 13.3. The standard InChI is InChI=1S/C30H26N4O5S/c1-2-3-5-11-24(26(35)25-12-8-15-40-25)38-28(37)29(19-33,20-34)30(39-27(36)23(17-31)18-32)14-13-22(16-30)21-9-6-4-7-10-21/h4,6-10,12,15-16,23-24H,2-3,5,11,13-14H2,1H3. The molecule has 2 atom stereocenters. The Labute approximate surface area is 236 Å². The third kappa shape index (κ3) is 5.94. The number of allylic oxidation sites excluding steroid dienone is 1. The Morgan fingerprint density at radius 1 is 1.02 bits per heavy atom. The summed E-state index contributed by atoms with van der Waals surface area (Å²) in [5, 5.41) is 40.9. The normalized spacial score (nSPS) is 16.9. The summed E-state index contributed by atoms with van der Waals surface area (Å²) in [6, 6.07) is 18.6. The van der Waals surface area contributed by atoms with Crippen LogP contribution >= 0.6 is 11.3 Å². The Hall–Kier alpha value is -4.77. The number of ether oxygens (including phenoxy) is 2. The highest BCUT2D eigenvalue weighted by atomic mass is 32.1. The maximum atomic E-state index is 13.8. The lowest BCUT2D eigenvalue weighted by Gasteiger charge is -2.36. The monoisotopic (exact) mass is 554 g/mol. The first-order valence-corrected chi connectivity index (χ1v) is 13.6. The van der Waals surface area contributed by atoms with E-state index in [-0.39, 0.29) is 19.3 Å². The highest BCUT2D eigenvalue weighted by Crippen LogP contribution is 2.48. The van der Waals surface area contributed by atoms with Crippen molar-refractivity contribution in [1.29, 1.82) is 21.0 Å². The zero-order valence-corrected chi connectivity index (χ0v) is 22.6. The largest absolute Gasteiger partial charge is 0.452 e. The summed E-state index contributed by atoms with van der Waals surface area (Å²) in [6.45, 7) is 1.98. The van der Waals surface area contributed by atoms with E-state index >= 15 is 0 Å². The van der Waals surface area contributed by atoms with Gasteiger partial charge in [0.1, 0.15) is 12.1 Å². The lowest BCUT2D eigenvalue weighted by atomic mass is 9.72. The number of thiophene rings is 1. The Kier molecular flexibility index (Phi) is 9.93. The second-order valence-corrected chi connectivity index (χ2v) is 10.2. The first-order chi connectivity index (χ1) is 19.3. The van der Waals surface area contributed by atoms with Gasteiger partial charge in [-0.1, -0.05) is 56.2 Å². The molecular weight excluding hydrogens is 528 g/mol. The Bertz CT molecular complexity index is 1410. The van der Waals surface area contributed by atoms with Gasteiger partial charge in [0.25, 0.3) is 5.41 Å². The summed E-state index contributed by atoms with van der Waals surface area (Å²) in [5.74, 6) is -4.95. The third-order valence-electron chi connectivity index (χ3n) is 6.75. The summed E-state index contributed by atoms with van der Waals surface area (Å²) in [7, 11) is 0. The van der Waals surface area contributed by atoms with Gasteiger partial charge >= 0.3 is 11.9 Å². The molecule has 1 heterocycles. The van der Waals surface area contributed by atoms with Gasteiger partial charge in [0.2, 0.25) is 11.7 Å². The minimum Gasteiger partial charge on any atom is -0.452 e. The Balaban J connectivity index is 2.09. The predicted molar refractivity (Wildman–Crippen MR) is 144 cm³/mol. The van der Waals surface area contributed by atoms with Gasteiger partial charge in [0, 0.05) is 0 Å². The van der Waals surface area contributed by atoms with Crippen LogP contribution in [0, 0.1) is 56.7 Å².